The highest BCUT2D eigenvalue weighted by Gasteiger charge is 2.30. The number of aromatic hydroxyl groups is 1. The van der Waals surface area contributed by atoms with E-state index in [1.54, 1.807) is 19.2 Å². The summed E-state index contributed by atoms with van der Waals surface area (Å²) in [5.41, 5.74) is 1.98. The summed E-state index contributed by atoms with van der Waals surface area (Å²) in [6.45, 7) is 0. The number of para-hydroxylation sites is 1. The van der Waals surface area contributed by atoms with E-state index < -0.39 is 6.10 Å². The van der Waals surface area contributed by atoms with E-state index in [0.717, 1.165) is 5.56 Å². The van der Waals surface area contributed by atoms with Crippen LogP contribution in [0.3, 0.4) is 0 Å². The van der Waals surface area contributed by atoms with Crippen LogP contribution < -0.4 is 10.1 Å². The zero-order valence-electron chi connectivity index (χ0n) is 12.5. The Balaban J connectivity index is 1.68. The maximum Gasteiger partial charge on any atom is 0.268 e. The second-order valence-corrected chi connectivity index (χ2v) is 5.08. The molecule has 0 unspecified atom stereocenters. The molecule has 0 spiro atoms. The third kappa shape index (κ3) is 3.26. The molecule has 2 aromatic carbocycles. The van der Waals surface area contributed by atoms with Crippen molar-refractivity contribution in [2.45, 2.75) is 12.5 Å². The van der Waals surface area contributed by atoms with E-state index in [4.69, 9.17) is 9.57 Å². The zero-order chi connectivity index (χ0) is 16.2. The Kier molecular flexibility index (Phi) is 4.14. The molecule has 2 N–H and O–H groups in total. The molecule has 0 saturated carbocycles. The first-order valence-electron chi connectivity index (χ1n) is 7.13. The molecule has 0 aliphatic carbocycles. The number of ether oxygens (including phenoxy) is 1. The average Bonchev–Trinajstić information content (AvgIpc) is 3.05. The third-order valence-electron chi connectivity index (χ3n) is 3.49. The molecule has 1 aliphatic rings. The molecule has 1 amide bonds. The lowest BCUT2D eigenvalue weighted by Gasteiger charge is -2.10. The lowest BCUT2D eigenvalue weighted by molar-refractivity contribution is -0.125. The van der Waals surface area contributed by atoms with Crippen LogP contribution in [0.5, 0.6) is 11.5 Å². The number of phenolic OH excluding ortho intramolecular Hbond substituents is 1. The molecule has 1 aliphatic heterocycles. The molecular formula is C17H16N2O4. The van der Waals surface area contributed by atoms with Crippen LogP contribution in [-0.2, 0) is 9.63 Å². The number of oxime groups is 1. The number of hydrogen-bond acceptors (Lipinski definition) is 5. The molecule has 23 heavy (non-hydrogen) atoms. The van der Waals surface area contributed by atoms with Gasteiger partial charge in [-0.15, -0.1) is 0 Å². The number of nitrogens with zero attached hydrogens (tertiary/aromatic N) is 1. The first-order chi connectivity index (χ1) is 11.2. The molecule has 118 valence electrons. The van der Waals surface area contributed by atoms with E-state index in [1.807, 2.05) is 24.3 Å². The van der Waals surface area contributed by atoms with Gasteiger partial charge >= 0.3 is 0 Å². The number of benzene rings is 2. The van der Waals surface area contributed by atoms with Crippen molar-refractivity contribution in [2.75, 3.05) is 12.4 Å². The van der Waals surface area contributed by atoms with Crippen molar-refractivity contribution in [2.24, 2.45) is 5.16 Å². The number of phenols is 1. The predicted molar refractivity (Wildman–Crippen MR) is 85.8 cm³/mol. The van der Waals surface area contributed by atoms with Crippen molar-refractivity contribution in [1.29, 1.82) is 0 Å². The Morgan fingerprint density at radius 1 is 1.30 bits per heavy atom. The topological polar surface area (TPSA) is 80.2 Å². The summed E-state index contributed by atoms with van der Waals surface area (Å²) in [5.74, 6) is 0.453. The second-order valence-electron chi connectivity index (χ2n) is 5.08. The number of nitrogens with one attached hydrogen (secondary N) is 1. The Bertz CT molecular complexity index is 758. The molecule has 0 fully saturated rings. The number of anilines is 1. The third-order valence-corrected chi connectivity index (χ3v) is 3.49. The normalized spacial score (nSPS) is 16.4. The summed E-state index contributed by atoms with van der Waals surface area (Å²) in [5, 5.41) is 16.1. The fourth-order valence-corrected chi connectivity index (χ4v) is 2.37. The van der Waals surface area contributed by atoms with Crippen LogP contribution in [-0.4, -0.2) is 29.9 Å². The van der Waals surface area contributed by atoms with Crippen molar-refractivity contribution < 1.29 is 19.5 Å². The molecule has 0 aromatic heterocycles. The predicted octanol–water partition coefficient (Wildman–Crippen LogP) is 2.53. The molecule has 0 saturated heterocycles. The summed E-state index contributed by atoms with van der Waals surface area (Å²) >= 11 is 0. The highest BCUT2D eigenvalue weighted by atomic mass is 16.6. The quantitative estimate of drug-likeness (QED) is 0.909. The van der Waals surface area contributed by atoms with Crippen molar-refractivity contribution in [3.05, 3.63) is 54.1 Å². The molecule has 3 rings (SSSR count). The molecular weight excluding hydrogens is 296 g/mol. The first-order valence-corrected chi connectivity index (χ1v) is 7.13. The SMILES string of the molecule is COc1ccccc1C1=NO[C@@H](C(=O)Nc2cccc(O)c2)C1. The lowest BCUT2D eigenvalue weighted by Crippen LogP contribution is -2.28. The molecule has 1 heterocycles. The van der Waals surface area contributed by atoms with Crippen LogP contribution in [0.15, 0.2) is 53.7 Å². The van der Waals surface area contributed by atoms with Crippen LogP contribution in [0.25, 0.3) is 0 Å². The van der Waals surface area contributed by atoms with Gasteiger partial charge in [0.2, 0.25) is 6.10 Å². The molecule has 0 bridgehead atoms. The number of methoxy groups -OCH3 is 1. The Morgan fingerprint density at radius 2 is 2.13 bits per heavy atom. The zero-order valence-corrected chi connectivity index (χ0v) is 12.5. The minimum Gasteiger partial charge on any atom is -0.508 e. The summed E-state index contributed by atoms with van der Waals surface area (Å²) in [7, 11) is 1.58. The van der Waals surface area contributed by atoms with Gasteiger partial charge in [-0.2, -0.15) is 0 Å². The minimum atomic E-state index is -0.711. The van der Waals surface area contributed by atoms with Gasteiger partial charge in [0.25, 0.3) is 5.91 Å². The summed E-state index contributed by atoms with van der Waals surface area (Å²) in [6.07, 6.45) is -0.359. The molecule has 0 radical (unpaired) electrons. The fourth-order valence-electron chi connectivity index (χ4n) is 2.37. The van der Waals surface area contributed by atoms with Gasteiger partial charge in [-0.3, -0.25) is 4.79 Å². The van der Waals surface area contributed by atoms with Crippen molar-refractivity contribution in [3.8, 4) is 11.5 Å². The molecule has 2 aromatic rings. The molecule has 1 atom stereocenters. The monoisotopic (exact) mass is 312 g/mol. The highest BCUT2D eigenvalue weighted by molar-refractivity contribution is 6.07. The lowest BCUT2D eigenvalue weighted by atomic mass is 10.0. The van der Waals surface area contributed by atoms with Gasteiger partial charge < -0.3 is 20.0 Å². The summed E-state index contributed by atoms with van der Waals surface area (Å²) in [4.78, 5) is 17.5. The van der Waals surface area contributed by atoms with Crippen LogP contribution in [0.1, 0.15) is 12.0 Å². The van der Waals surface area contributed by atoms with Crippen LogP contribution in [0.2, 0.25) is 0 Å². The van der Waals surface area contributed by atoms with E-state index in [0.29, 0.717) is 23.6 Å². The Hall–Kier alpha value is -3.02. The molecule has 6 nitrogen and oxygen atoms in total. The van der Waals surface area contributed by atoms with Gasteiger partial charge in [-0.25, -0.2) is 0 Å². The largest absolute Gasteiger partial charge is 0.508 e. The van der Waals surface area contributed by atoms with Crippen LogP contribution in [0, 0.1) is 0 Å². The number of hydrogen-bond donors (Lipinski definition) is 2. The van der Waals surface area contributed by atoms with E-state index in [2.05, 4.69) is 10.5 Å². The van der Waals surface area contributed by atoms with Gasteiger partial charge in [0, 0.05) is 23.7 Å². The molecule has 6 heteroatoms. The maximum atomic E-state index is 12.2. The van der Waals surface area contributed by atoms with Crippen molar-refractivity contribution in [1.82, 2.24) is 0 Å². The number of carbonyl (C=O) groups excluding carboxylic acids is 1. The highest BCUT2D eigenvalue weighted by Crippen LogP contribution is 2.25. The van der Waals surface area contributed by atoms with E-state index >= 15 is 0 Å². The van der Waals surface area contributed by atoms with E-state index in [1.165, 1.54) is 12.1 Å². The summed E-state index contributed by atoms with van der Waals surface area (Å²) in [6, 6.07) is 13.8. The van der Waals surface area contributed by atoms with E-state index in [-0.39, 0.29) is 11.7 Å². The van der Waals surface area contributed by atoms with Gasteiger partial charge in [-0.05, 0) is 24.3 Å². The van der Waals surface area contributed by atoms with Crippen molar-refractivity contribution in [3.63, 3.8) is 0 Å². The van der Waals surface area contributed by atoms with Gasteiger partial charge in [0.05, 0.1) is 12.8 Å². The fraction of sp³-hybridized carbons (Fsp3) is 0.176. The minimum absolute atomic E-state index is 0.0844. The van der Waals surface area contributed by atoms with Crippen LogP contribution >= 0.6 is 0 Å². The van der Waals surface area contributed by atoms with Crippen LogP contribution in [0.4, 0.5) is 5.69 Å². The Morgan fingerprint density at radius 3 is 2.91 bits per heavy atom. The number of carbonyl (C=O) groups is 1. The smallest absolute Gasteiger partial charge is 0.268 e. The van der Waals surface area contributed by atoms with Gasteiger partial charge in [0.15, 0.2) is 0 Å². The number of amides is 1. The van der Waals surface area contributed by atoms with Gasteiger partial charge in [0.1, 0.15) is 11.5 Å². The maximum absolute atomic E-state index is 12.2. The first kappa shape index (κ1) is 14.9. The van der Waals surface area contributed by atoms with Gasteiger partial charge in [-0.1, -0.05) is 23.4 Å². The Labute approximate surface area is 133 Å². The number of rotatable bonds is 4. The standard InChI is InChI=1S/C17H16N2O4/c1-22-15-8-3-2-7-13(15)14-10-16(23-19-14)17(21)18-11-5-4-6-12(20)9-11/h2-9,16,20H,10H2,1H3,(H,18,21)/t16-/m1/s1. The average molecular weight is 312 g/mol. The second kappa shape index (κ2) is 6.39. The van der Waals surface area contributed by atoms with Crippen molar-refractivity contribution >= 4 is 17.3 Å². The van der Waals surface area contributed by atoms with E-state index in [9.17, 15) is 9.90 Å². The summed E-state index contributed by atoms with van der Waals surface area (Å²) < 4.78 is 5.30.